The summed E-state index contributed by atoms with van der Waals surface area (Å²) >= 11 is 6.00. The first kappa shape index (κ1) is 21.3. The van der Waals surface area contributed by atoms with Gasteiger partial charge in [0.05, 0.1) is 22.6 Å². The first-order chi connectivity index (χ1) is 14.2. The Bertz CT molecular complexity index is 1040. The zero-order valence-corrected chi connectivity index (χ0v) is 18.7. The number of benzene rings is 2. The number of carbonyl (C=O) groups excluding carboxylic acids is 1. The largest absolute Gasteiger partial charge is 0.316 e. The van der Waals surface area contributed by atoms with Crippen LogP contribution in [-0.2, 0) is 14.8 Å². The van der Waals surface area contributed by atoms with E-state index in [1.54, 1.807) is 18.2 Å². The zero-order valence-electron chi connectivity index (χ0n) is 17.1. The third kappa shape index (κ3) is 3.64. The van der Waals surface area contributed by atoms with Crippen LogP contribution in [0.4, 0.5) is 0 Å². The van der Waals surface area contributed by atoms with E-state index >= 15 is 0 Å². The summed E-state index contributed by atoms with van der Waals surface area (Å²) in [6.07, 6.45) is 1.06. The van der Waals surface area contributed by atoms with Crippen LogP contribution >= 0.6 is 11.6 Å². The number of rotatable bonds is 4. The van der Waals surface area contributed by atoms with Crippen LogP contribution < -0.4 is 5.32 Å². The number of amides is 1. The van der Waals surface area contributed by atoms with Gasteiger partial charge >= 0.3 is 0 Å². The Balaban J connectivity index is 1.58. The van der Waals surface area contributed by atoms with Gasteiger partial charge in [-0.15, -0.1) is 0 Å². The molecule has 0 saturated carbocycles. The van der Waals surface area contributed by atoms with E-state index in [1.165, 1.54) is 10.4 Å². The van der Waals surface area contributed by atoms with Crippen LogP contribution in [0.1, 0.15) is 38.3 Å². The highest BCUT2D eigenvalue weighted by Gasteiger charge is 2.52. The maximum atomic E-state index is 13.1. The second kappa shape index (κ2) is 7.96. The van der Waals surface area contributed by atoms with Crippen molar-refractivity contribution in [3.8, 4) is 0 Å². The van der Waals surface area contributed by atoms with Gasteiger partial charge in [-0.2, -0.15) is 4.31 Å². The minimum Gasteiger partial charge on any atom is -0.316 e. The van der Waals surface area contributed by atoms with Gasteiger partial charge in [-0.1, -0.05) is 48.0 Å². The van der Waals surface area contributed by atoms with Crippen molar-refractivity contribution >= 4 is 27.5 Å². The number of piperidine rings is 1. The van der Waals surface area contributed by atoms with Crippen LogP contribution in [0.15, 0.2) is 59.5 Å². The van der Waals surface area contributed by atoms with Gasteiger partial charge in [-0.3, -0.25) is 10.1 Å². The summed E-state index contributed by atoms with van der Waals surface area (Å²) in [5, 5.41) is 3.87. The van der Waals surface area contributed by atoms with Crippen molar-refractivity contribution in [1.82, 2.24) is 14.5 Å². The van der Waals surface area contributed by atoms with Gasteiger partial charge in [0.1, 0.15) is 0 Å². The fourth-order valence-corrected chi connectivity index (χ4v) is 6.40. The smallest absolute Gasteiger partial charge is 0.243 e. The number of halogens is 1. The molecule has 1 amide bonds. The lowest BCUT2D eigenvalue weighted by molar-refractivity contribution is -0.136. The molecule has 8 heteroatoms. The molecule has 160 valence electrons. The van der Waals surface area contributed by atoms with E-state index in [4.69, 9.17) is 11.6 Å². The summed E-state index contributed by atoms with van der Waals surface area (Å²) < 4.78 is 27.6. The first-order valence-electron chi connectivity index (χ1n) is 10.2. The second-order valence-electron chi connectivity index (χ2n) is 8.05. The molecule has 2 saturated heterocycles. The molecule has 2 aliphatic heterocycles. The number of nitrogens with zero attached hydrogens (tertiary/aromatic N) is 2. The van der Waals surface area contributed by atoms with Crippen LogP contribution in [0.5, 0.6) is 0 Å². The van der Waals surface area contributed by atoms with Crippen molar-refractivity contribution in [2.75, 3.05) is 13.1 Å². The number of hydrogen-bond acceptors (Lipinski definition) is 4. The number of nitrogens with one attached hydrogen (secondary N) is 1. The van der Waals surface area contributed by atoms with Crippen LogP contribution in [0.25, 0.3) is 0 Å². The average Bonchev–Trinajstić information content (AvgIpc) is 2.98. The fourth-order valence-electron chi connectivity index (χ4n) is 4.65. The van der Waals surface area contributed by atoms with E-state index < -0.39 is 15.7 Å². The number of hydrogen-bond donors (Lipinski definition) is 1. The van der Waals surface area contributed by atoms with Crippen molar-refractivity contribution in [3.05, 3.63) is 65.2 Å². The van der Waals surface area contributed by atoms with E-state index in [0.717, 1.165) is 5.56 Å². The monoisotopic (exact) mass is 447 g/mol. The molecule has 1 spiro atoms. The van der Waals surface area contributed by atoms with E-state index in [9.17, 15) is 13.2 Å². The minimum atomic E-state index is -3.63. The van der Waals surface area contributed by atoms with Crippen LogP contribution in [0.2, 0.25) is 5.02 Å². The van der Waals surface area contributed by atoms with Gasteiger partial charge in [0.25, 0.3) is 0 Å². The summed E-state index contributed by atoms with van der Waals surface area (Å²) in [6.45, 7) is 4.57. The molecular weight excluding hydrogens is 422 g/mol. The highest BCUT2D eigenvalue weighted by Crippen LogP contribution is 2.39. The predicted octanol–water partition coefficient (Wildman–Crippen LogP) is 3.40. The summed E-state index contributed by atoms with van der Waals surface area (Å²) in [5.74, 6) is 0.0532. The van der Waals surface area contributed by atoms with Crippen LogP contribution in [0, 0.1) is 0 Å². The van der Waals surface area contributed by atoms with Crippen molar-refractivity contribution in [2.45, 2.75) is 49.3 Å². The quantitative estimate of drug-likeness (QED) is 0.779. The lowest BCUT2D eigenvalue weighted by atomic mass is 9.94. The zero-order chi connectivity index (χ0) is 21.5. The standard InChI is InChI=1S/C22H26ClN3O3S/c1-16-21(27)26(17(2)18-7-4-3-5-8-18)22(24-16)11-13-25(14-12-22)30(28,29)20-10-6-9-19(23)15-20/h3-10,15-17,24H,11-14H2,1-2H3/t16-,17+/m1/s1. The number of carbonyl (C=O) groups is 1. The Hall–Kier alpha value is -1.93. The summed E-state index contributed by atoms with van der Waals surface area (Å²) in [7, 11) is -3.63. The molecule has 2 aliphatic rings. The Labute approximate surface area is 182 Å². The Kier molecular flexibility index (Phi) is 5.66. The molecule has 2 aromatic rings. The molecule has 6 nitrogen and oxygen atoms in total. The molecule has 0 aromatic heterocycles. The van der Waals surface area contributed by atoms with Crippen LogP contribution in [0.3, 0.4) is 0 Å². The third-order valence-electron chi connectivity index (χ3n) is 6.21. The number of sulfonamides is 1. The SMILES string of the molecule is C[C@H]1NC2(CCN(S(=O)(=O)c3cccc(Cl)c3)CC2)N([C@@H](C)c2ccccc2)C1=O. The third-order valence-corrected chi connectivity index (χ3v) is 8.34. The van der Waals surface area contributed by atoms with Gasteiger partial charge in [0.15, 0.2) is 0 Å². The molecule has 30 heavy (non-hydrogen) atoms. The van der Waals surface area contributed by atoms with E-state index in [-0.39, 0.29) is 22.9 Å². The van der Waals surface area contributed by atoms with Crippen molar-refractivity contribution in [3.63, 3.8) is 0 Å². The topological polar surface area (TPSA) is 69.7 Å². The maximum absolute atomic E-state index is 13.1. The molecule has 0 unspecified atom stereocenters. The maximum Gasteiger partial charge on any atom is 0.243 e. The van der Waals surface area contributed by atoms with Crippen LogP contribution in [-0.4, -0.2) is 48.3 Å². The summed E-state index contributed by atoms with van der Waals surface area (Å²) in [4.78, 5) is 15.2. The lowest BCUT2D eigenvalue weighted by Crippen LogP contribution is -2.59. The summed E-state index contributed by atoms with van der Waals surface area (Å²) in [6, 6.07) is 15.9. The highest BCUT2D eigenvalue weighted by molar-refractivity contribution is 7.89. The molecule has 2 aromatic carbocycles. The molecule has 4 rings (SSSR count). The molecule has 2 heterocycles. The van der Waals surface area contributed by atoms with Gasteiger partial charge in [-0.25, -0.2) is 8.42 Å². The van der Waals surface area contributed by atoms with E-state index in [2.05, 4.69) is 5.32 Å². The van der Waals surface area contributed by atoms with Gasteiger partial charge in [0, 0.05) is 18.1 Å². The predicted molar refractivity (Wildman–Crippen MR) is 116 cm³/mol. The molecule has 0 bridgehead atoms. The van der Waals surface area contributed by atoms with E-state index in [1.807, 2.05) is 49.1 Å². The molecule has 2 fully saturated rings. The molecule has 0 aliphatic carbocycles. The molecule has 2 atom stereocenters. The molecule has 1 N–H and O–H groups in total. The second-order valence-corrected chi connectivity index (χ2v) is 10.4. The van der Waals surface area contributed by atoms with Crippen molar-refractivity contribution in [1.29, 1.82) is 0 Å². The lowest BCUT2D eigenvalue weighted by Gasteiger charge is -2.46. The average molecular weight is 448 g/mol. The van der Waals surface area contributed by atoms with E-state index in [0.29, 0.717) is 31.0 Å². The van der Waals surface area contributed by atoms with Gasteiger partial charge in [0.2, 0.25) is 15.9 Å². The highest BCUT2D eigenvalue weighted by atomic mass is 35.5. The van der Waals surface area contributed by atoms with Crippen molar-refractivity contribution < 1.29 is 13.2 Å². The van der Waals surface area contributed by atoms with Gasteiger partial charge < -0.3 is 4.90 Å². The fraction of sp³-hybridized carbons (Fsp3) is 0.409. The molecule has 0 radical (unpaired) electrons. The Morgan fingerprint density at radius 3 is 2.40 bits per heavy atom. The van der Waals surface area contributed by atoms with Gasteiger partial charge in [-0.05, 0) is 50.5 Å². The summed E-state index contributed by atoms with van der Waals surface area (Å²) in [5.41, 5.74) is 0.515. The minimum absolute atomic E-state index is 0.0532. The Morgan fingerprint density at radius 2 is 1.77 bits per heavy atom. The first-order valence-corrected chi connectivity index (χ1v) is 12.0. The van der Waals surface area contributed by atoms with Crippen molar-refractivity contribution in [2.24, 2.45) is 0 Å². The Morgan fingerprint density at radius 1 is 1.10 bits per heavy atom. The molecular formula is C22H26ClN3O3S. The normalized spacial score (nSPS) is 23.1.